The van der Waals surface area contributed by atoms with Crippen LogP contribution in [0.15, 0.2) is 47.6 Å². The van der Waals surface area contributed by atoms with Crippen LogP contribution >= 0.6 is 23.4 Å². The van der Waals surface area contributed by atoms with Crippen molar-refractivity contribution in [2.45, 2.75) is 5.75 Å². The van der Waals surface area contributed by atoms with E-state index in [0.717, 1.165) is 17.1 Å². The summed E-state index contributed by atoms with van der Waals surface area (Å²) in [5.41, 5.74) is 7.51. The molecule has 0 unspecified atom stereocenters. The number of rotatable bonds is 4. The van der Waals surface area contributed by atoms with Crippen molar-refractivity contribution in [3.63, 3.8) is 0 Å². The molecule has 0 radical (unpaired) electrons. The highest BCUT2D eigenvalue weighted by Crippen LogP contribution is 2.20. The number of nitrogens with zero attached hydrogens (tertiary/aromatic N) is 2. The monoisotopic (exact) mass is 307 g/mol. The maximum atomic E-state index is 5.89. The average molecular weight is 308 g/mol. The molecule has 0 spiro atoms. The Bertz CT molecular complexity index is 619. The Morgan fingerprint density at radius 2 is 2.25 bits per heavy atom. The van der Waals surface area contributed by atoms with Gasteiger partial charge in [-0.25, -0.2) is 4.99 Å². The number of aliphatic imine (C=N–C) groups is 1. The zero-order valence-corrected chi connectivity index (χ0v) is 12.5. The number of halogens is 1. The second-order valence-electron chi connectivity index (χ2n) is 3.91. The summed E-state index contributed by atoms with van der Waals surface area (Å²) in [7, 11) is 1.63. The maximum Gasteiger partial charge on any atom is 0.159 e. The van der Waals surface area contributed by atoms with E-state index in [1.807, 2.05) is 18.2 Å². The molecule has 1 aromatic heterocycles. The molecule has 20 heavy (non-hydrogen) atoms. The number of benzene rings is 1. The molecule has 0 aliphatic rings. The van der Waals surface area contributed by atoms with Gasteiger partial charge in [0.1, 0.15) is 5.75 Å². The number of nitrogens with two attached hydrogens (primary N) is 1. The zero-order valence-electron chi connectivity index (χ0n) is 10.9. The summed E-state index contributed by atoms with van der Waals surface area (Å²) in [5, 5.41) is 1.11. The first-order valence-electron chi connectivity index (χ1n) is 5.89. The summed E-state index contributed by atoms with van der Waals surface area (Å²) in [5.74, 6) is 1.41. The van der Waals surface area contributed by atoms with Crippen molar-refractivity contribution < 1.29 is 4.74 Å². The Morgan fingerprint density at radius 3 is 3.00 bits per heavy atom. The highest BCUT2D eigenvalue weighted by atomic mass is 35.5. The average Bonchev–Trinajstić information content (AvgIpc) is 2.45. The quantitative estimate of drug-likeness (QED) is 0.692. The fourth-order valence-corrected chi connectivity index (χ4v) is 2.32. The van der Waals surface area contributed by atoms with Crippen LogP contribution in [0.2, 0.25) is 5.02 Å². The molecule has 1 aromatic carbocycles. The van der Waals surface area contributed by atoms with Crippen molar-refractivity contribution in [1.29, 1.82) is 0 Å². The lowest BCUT2D eigenvalue weighted by Gasteiger charge is -2.03. The fraction of sp³-hybridized carbons (Fsp3) is 0.143. The molecule has 4 nitrogen and oxygen atoms in total. The lowest BCUT2D eigenvalue weighted by molar-refractivity contribution is 0.413. The van der Waals surface area contributed by atoms with E-state index < -0.39 is 0 Å². The predicted molar refractivity (Wildman–Crippen MR) is 84.8 cm³/mol. The lowest BCUT2D eigenvalue weighted by Crippen LogP contribution is -2.06. The first-order valence-corrected chi connectivity index (χ1v) is 7.25. The third-order valence-electron chi connectivity index (χ3n) is 2.44. The first-order chi connectivity index (χ1) is 9.67. The van der Waals surface area contributed by atoms with E-state index in [1.165, 1.54) is 11.8 Å². The van der Waals surface area contributed by atoms with Gasteiger partial charge in [0.05, 0.1) is 18.5 Å². The molecule has 2 N–H and O–H groups in total. The van der Waals surface area contributed by atoms with E-state index >= 15 is 0 Å². The van der Waals surface area contributed by atoms with Gasteiger partial charge in [0.25, 0.3) is 0 Å². The summed E-state index contributed by atoms with van der Waals surface area (Å²) < 4.78 is 5.15. The van der Waals surface area contributed by atoms with Gasteiger partial charge >= 0.3 is 0 Å². The highest BCUT2D eigenvalue weighted by Gasteiger charge is 2.01. The van der Waals surface area contributed by atoms with Gasteiger partial charge in [-0.15, -0.1) is 0 Å². The van der Waals surface area contributed by atoms with Crippen LogP contribution in [-0.2, 0) is 5.75 Å². The van der Waals surface area contributed by atoms with Crippen molar-refractivity contribution in [2.75, 3.05) is 7.11 Å². The van der Waals surface area contributed by atoms with Crippen LogP contribution in [0, 0.1) is 0 Å². The van der Waals surface area contributed by atoms with Gasteiger partial charge in [-0.05, 0) is 24.3 Å². The van der Waals surface area contributed by atoms with Gasteiger partial charge in [-0.1, -0.05) is 29.4 Å². The Kier molecular flexibility index (Phi) is 5.26. The first kappa shape index (κ1) is 14.7. The van der Waals surface area contributed by atoms with Crippen LogP contribution in [0.5, 0.6) is 5.75 Å². The van der Waals surface area contributed by atoms with Crippen LogP contribution < -0.4 is 10.5 Å². The Hall–Kier alpha value is -1.72. The van der Waals surface area contributed by atoms with Crippen LogP contribution in [0.1, 0.15) is 5.69 Å². The third-order valence-corrected chi connectivity index (χ3v) is 3.50. The number of thioether (sulfide) groups is 1. The SMILES string of the molecule is COc1ccnc(CSC(N)=Nc2cccc(Cl)c2)c1. The van der Waals surface area contributed by atoms with Gasteiger partial charge < -0.3 is 10.5 Å². The summed E-state index contributed by atoms with van der Waals surface area (Å²) in [4.78, 5) is 8.54. The third kappa shape index (κ3) is 4.43. The molecule has 1 heterocycles. The summed E-state index contributed by atoms with van der Waals surface area (Å²) in [6.45, 7) is 0. The Labute approximate surface area is 127 Å². The minimum absolute atomic E-state index is 0.469. The van der Waals surface area contributed by atoms with E-state index in [4.69, 9.17) is 22.1 Å². The molecule has 6 heteroatoms. The predicted octanol–water partition coefficient (Wildman–Crippen LogP) is 3.62. The zero-order chi connectivity index (χ0) is 14.4. The van der Waals surface area contributed by atoms with E-state index in [1.54, 1.807) is 31.5 Å². The summed E-state index contributed by atoms with van der Waals surface area (Å²) in [6, 6.07) is 10.9. The minimum Gasteiger partial charge on any atom is -0.497 e. The summed E-state index contributed by atoms with van der Waals surface area (Å²) >= 11 is 7.31. The second-order valence-corrected chi connectivity index (χ2v) is 5.34. The van der Waals surface area contributed by atoms with Gasteiger partial charge in [-0.3, -0.25) is 4.98 Å². The molecule has 0 atom stereocenters. The minimum atomic E-state index is 0.469. The van der Waals surface area contributed by atoms with Crippen LogP contribution in [-0.4, -0.2) is 17.3 Å². The molecule has 104 valence electrons. The number of ether oxygens (including phenoxy) is 1. The largest absolute Gasteiger partial charge is 0.497 e. The van der Waals surface area contributed by atoms with E-state index in [0.29, 0.717) is 15.9 Å². The van der Waals surface area contributed by atoms with E-state index in [9.17, 15) is 0 Å². The molecule has 2 aromatic rings. The number of pyridine rings is 1. The molecule has 0 saturated heterocycles. The number of amidine groups is 1. The van der Waals surface area contributed by atoms with Crippen molar-refractivity contribution in [2.24, 2.45) is 10.7 Å². The molecule has 0 fully saturated rings. The molecular formula is C14H14ClN3OS. The molecule has 0 aliphatic heterocycles. The van der Waals surface area contributed by atoms with Gasteiger partial charge in [-0.2, -0.15) is 0 Å². The normalized spacial score (nSPS) is 11.4. The molecule has 0 saturated carbocycles. The van der Waals surface area contributed by atoms with Gasteiger partial charge in [0.2, 0.25) is 0 Å². The molecule has 2 rings (SSSR count). The number of methoxy groups -OCH3 is 1. The van der Waals surface area contributed by atoms with E-state index in [2.05, 4.69) is 9.98 Å². The molecule has 0 bridgehead atoms. The van der Waals surface area contributed by atoms with Crippen LogP contribution in [0.25, 0.3) is 0 Å². The van der Waals surface area contributed by atoms with E-state index in [-0.39, 0.29) is 0 Å². The molecule has 0 aliphatic carbocycles. The number of aromatic nitrogens is 1. The standard InChI is InChI=1S/C14H14ClN3OS/c1-19-13-5-6-17-12(8-13)9-20-14(16)18-11-4-2-3-10(15)7-11/h2-8H,9H2,1H3,(H2,16,18). The Balaban J connectivity index is 1.99. The highest BCUT2D eigenvalue weighted by molar-refractivity contribution is 8.13. The fourth-order valence-electron chi connectivity index (χ4n) is 1.52. The molecule has 0 amide bonds. The van der Waals surface area contributed by atoms with Gasteiger partial charge in [0, 0.05) is 23.0 Å². The number of hydrogen-bond donors (Lipinski definition) is 1. The van der Waals surface area contributed by atoms with Crippen LogP contribution in [0.4, 0.5) is 5.69 Å². The number of hydrogen-bond acceptors (Lipinski definition) is 4. The maximum absolute atomic E-state index is 5.89. The van der Waals surface area contributed by atoms with Crippen molar-refractivity contribution in [3.05, 3.63) is 53.3 Å². The topological polar surface area (TPSA) is 60.5 Å². The van der Waals surface area contributed by atoms with Crippen molar-refractivity contribution in [3.8, 4) is 5.75 Å². The second kappa shape index (κ2) is 7.17. The van der Waals surface area contributed by atoms with Crippen molar-refractivity contribution >= 4 is 34.2 Å². The van der Waals surface area contributed by atoms with Gasteiger partial charge in [0.15, 0.2) is 5.17 Å². The van der Waals surface area contributed by atoms with Crippen LogP contribution in [0.3, 0.4) is 0 Å². The Morgan fingerprint density at radius 1 is 1.40 bits per heavy atom. The van der Waals surface area contributed by atoms with Crippen molar-refractivity contribution in [1.82, 2.24) is 4.98 Å². The summed E-state index contributed by atoms with van der Waals surface area (Å²) in [6.07, 6.45) is 1.71. The smallest absolute Gasteiger partial charge is 0.159 e. The lowest BCUT2D eigenvalue weighted by atomic mass is 10.3. The molecular weight excluding hydrogens is 294 g/mol.